The van der Waals surface area contributed by atoms with E-state index in [4.69, 9.17) is 21.3 Å². The van der Waals surface area contributed by atoms with E-state index < -0.39 is 11.9 Å². The highest BCUT2D eigenvalue weighted by atomic mass is 16.4. The summed E-state index contributed by atoms with van der Waals surface area (Å²) in [6.45, 7) is 0. The van der Waals surface area contributed by atoms with Gasteiger partial charge in [-0.25, -0.2) is 4.79 Å². The van der Waals surface area contributed by atoms with Crippen LogP contribution in [-0.4, -0.2) is 17.0 Å². The van der Waals surface area contributed by atoms with Crippen LogP contribution in [0, 0.1) is 5.41 Å². The first-order chi connectivity index (χ1) is 13.3. The maximum atomic E-state index is 11.9. The molecule has 0 aromatic heterocycles. The van der Waals surface area contributed by atoms with Crippen LogP contribution in [0.1, 0.15) is 20.7 Å². The van der Waals surface area contributed by atoms with Crippen LogP contribution in [0.4, 0.5) is 5.69 Å². The topological polar surface area (TPSA) is 143 Å². The first-order valence-corrected chi connectivity index (χ1v) is 8.33. The summed E-state index contributed by atoms with van der Waals surface area (Å²) in [5.74, 6) is -1.47. The summed E-state index contributed by atoms with van der Waals surface area (Å²) in [5, 5.41) is 18.5. The molecular formula is C21H15N3O4. The minimum absolute atomic E-state index is 0.0584. The number of amides is 1. The molecule has 0 bridgehead atoms. The molecule has 28 heavy (non-hydrogen) atoms. The molecule has 0 fully saturated rings. The maximum Gasteiger partial charge on any atom is 0.336 e. The second kappa shape index (κ2) is 6.24. The van der Waals surface area contributed by atoms with Crippen LogP contribution >= 0.6 is 0 Å². The van der Waals surface area contributed by atoms with Crippen molar-refractivity contribution >= 4 is 28.5 Å². The van der Waals surface area contributed by atoms with E-state index in [0.717, 1.165) is 0 Å². The van der Waals surface area contributed by atoms with Crippen LogP contribution in [0.2, 0.25) is 0 Å². The summed E-state index contributed by atoms with van der Waals surface area (Å²) in [4.78, 5) is 23.4. The standard InChI is InChI=1S/C21H15N3O4/c22-11-2-5-14-17(8-11)28-18-9-12(23)3-6-15(18)19(14)13-4-1-10(20(24)25)7-16(13)21(26)27/h1-9,22H,23H2,(H2,24,25)(H,26,27). The molecule has 0 saturated heterocycles. The van der Waals surface area contributed by atoms with Gasteiger partial charge >= 0.3 is 5.97 Å². The molecule has 0 unspecified atom stereocenters. The van der Waals surface area contributed by atoms with Crippen LogP contribution in [0.25, 0.3) is 33.4 Å². The van der Waals surface area contributed by atoms with E-state index in [1.165, 1.54) is 12.1 Å². The maximum absolute atomic E-state index is 11.9. The lowest BCUT2D eigenvalue weighted by atomic mass is 9.90. The first kappa shape index (κ1) is 17.3. The molecule has 2 aromatic carbocycles. The number of carbonyl (C=O) groups excluding carboxylic acids is 1. The summed E-state index contributed by atoms with van der Waals surface area (Å²) in [6, 6.07) is 14.3. The minimum atomic E-state index is -1.19. The Morgan fingerprint density at radius 2 is 1.71 bits per heavy atom. The van der Waals surface area contributed by atoms with E-state index in [1.54, 1.807) is 42.5 Å². The third kappa shape index (κ3) is 2.75. The number of anilines is 1. The average molecular weight is 373 g/mol. The summed E-state index contributed by atoms with van der Waals surface area (Å²) in [6.07, 6.45) is 0. The molecule has 0 saturated carbocycles. The van der Waals surface area contributed by atoms with Crippen LogP contribution in [0.3, 0.4) is 0 Å². The molecule has 7 nitrogen and oxygen atoms in total. The molecule has 4 rings (SSSR count). The molecule has 1 heterocycles. The van der Waals surface area contributed by atoms with Gasteiger partial charge in [0.25, 0.3) is 0 Å². The van der Waals surface area contributed by atoms with Crippen LogP contribution < -0.4 is 16.8 Å². The number of nitrogens with one attached hydrogen (secondary N) is 1. The highest BCUT2D eigenvalue weighted by molar-refractivity contribution is 6.09. The minimum Gasteiger partial charge on any atom is -0.478 e. The van der Waals surface area contributed by atoms with Gasteiger partial charge in [0, 0.05) is 39.9 Å². The van der Waals surface area contributed by atoms with Crippen molar-refractivity contribution in [1.29, 1.82) is 5.41 Å². The number of benzene rings is 3. The number of aromatic carboxylic acids is 1. The van der Waals surface area contributed by atoms with E-state index in [-0.39, 0.29) is 16.5 Å². The van der Waals surface area contributed by atoms with Crippen molar-refractivity contribution in [3.05, 3.63) is 71.1 Å². The number of carboxylic acid groups (broad SMARTS) is 1. The quantitative estimate of drug-likeness (QED) is 0.322. The van der Waals surface area contributed by atoms with E-state index in [9.17, 15) is 14.7 Å². The van der Waals surface area contributed by atoms with Gasteiger partial charge in [-0.15, -0.1) is 0 Å². The Labute approximate surface area is 158 Å². The number of primary amides is 1. The number of rotatable bonds is 3. The Kier molecular flexibility index (Phi) is 3.85. The van der Waals surface area contributed by atoms with E-state index in [1.807, 2.05) is 0 Å². The van der Waals surface area contributed by atoms with Crippen molar-refractivity contribution in [3.63, 3.8) is 0 Å². The van der Waals surface area contributed by atoms with Gasteiger partial charge in [0.1, 0.15) is 11.3 Å². The zero-order chi connectivity index (χ0) is 20.0. The fourth-order valence-electron chi connectivity index (χ4n) is 3.29. The predicted octanol–water partition coefficient (Wildman–Crippen LogP) is 3.06. The van der Waals surface area contributed by atoms with Gasteiger partial charge in [-0.3, -0.25) is 4.79 Å². The first-order valence-electron chi connectivity index (χ1n) is 8.33. The van der Waals surface area contributed by atoms with Crippen molar-refractivity contribution in [3.8, 4) is 22.5 Å². The lowest BCUT2D eigenvalue weighted by Gasteiger charge is -2.17. The lowest BCUT2D eigenvalue weighted by molar-refractivity contribution is 0.0697. The number of nitrogen functional groups attached to an aromatic ring is 1. The van der Waals surface area contributed by atoms with Crippen LogP contribution in [-0.2, 0) is 0 Å². The van der Waals surface area contributed by atoms with Crippen molar-refractivity contribution in [2.24, 2.45) is 5.73 Å². The molecule has 1 amide bonds. The molecule has 2 aromatic rings. The number of hydrogen-bond acceptors (Lipinski definition) is 5. The Morgan fingerprint density at radius 1 is 0.964 bits per heavy atom. The van der Waals surface area contributed by atoms with Crippen molar-refractivity contribution in [1.82, 2.24) is 0 Å². The highest BCUT2D eigenvalue weighted by Crippen LogP contribution is 2.41. The third-order valence-corrected chi connectivity index (χ3v) is 4.55. The van der Waals surface area contributed by atoms with Gasteiger partial charge in [-0.1, -0.05) is 6.07 Å². The second-order valence-corrected chi connectivity index (χ2v) is 6.37. The fourth-order valence-corrected chi connectivity index (χ4v) is 3.29. The largest absolute Gasteiger partial charge is 0.478 e. The van der Waals surface area contributed by atoms with Crippen molar-refractivity contribution in [2.45, 2.75) is 0 Å². The molecule has 1 aliphatic carbocycles. The third-order valence-electron chi connectivity index (χ3n) is 4.55. The lowest BCUT2D eigenvalue weighted by Crippen LogP contribution is -2.13. The SMILES string of the molecule is N=c1ccc2c(-c3ccc(C(N)=O)cc3C(=O)O)c3ccc(N)cc3oc-2c1. The van der Waals surface area contributed by atoms with Gasteiger partial charge in [0.15, 0.2) is 0 Å². The summed E-state index contributed by atoms with van der Waals surface area (Å²) < 4.78 is 5.91. The van der Waals surface area contributed by atoms with E-state index in [2.05, 4.69) is 0 Å². The Hall–Kier alpha value is -4.13. The number of fused-ring (bicyclic) bond motifs is 2. The van der Waals surface area contributed by atoms with Crippen molar-refractivity contribution < 1.29 is 19.1 Å². The normalized spacial score (nSPS) is 11.0. The predicted molar refractivity (Wildman–Crippen MR) is 104 cm³/mol. The molecule has 2 aliphatic rings. The number of carboxylic acids is 1. The van der Waals surface area contributed by atoms with Crippen molar-refractivity contribution in [2.75, 3.05) is 5.73 Å². The zero-order valence-corrected chi connectivity index (χ0v) is 14.5. The Balaban J connectivity index is 2.17. The van der Waals surface area contributed by atoms with Gasteiger partial charge in [-0.05, 0) is 42.0 Å². The molecule has 138 valence electrons. The van der Waals surface area contributed by atoms with E-state index >= 15 is 0 Å². The van der Waals surface area contributed by atoms with Gasteiger partial charge in [0.2, 0.25) is 5.91 Å². The average Bonchev–Trinajstić information content (AvgIpc) is 2.65. The summed E-state index contributed by atoms with van der Waals surface area (Å²) in [5.41, 5.74) is 13.8. The van der Waals surface area contributed by atoms with Gasteiger partial charge in [0.05, 0.1) is 10.9 Å². The van der Waals surface area contributed by atoms with Crippen LogP contribution in [0.5, 0.6) is 0 Å². The van der Waals surface area contributed by atoms with E-state index in [0.29, 0.717) is 39.1 Å². The molecule has 0 radical (unpaired) electrons. The van der Waals surface area contributed by atoms with Gasteiger partial charge in [-0.2, -0.15) is 0 Å². The summed E-state index contributed by atoms with van der Waals surface area (Å²) >= 11 is 0. The molecule has 7 heteroatoms. The molecular weight excluding hydrogens is 358 g/mol. The molecule has 0 atom stereocenters. The smallest absolute Gasteiger partial charge is 0.336 e. The Bertz CT molecular complexity index is 1310. The second-order valence-electron chi connectivity index (χ2n) is 6.37. The molecule has 6 N–H and O–H groups in total. The number of carbonyl (C=O) groups is 2. The summed E-state index contributed by atoms with van der Waals surface area (Å²) in [7, 11) is 0. The number of hydrogen-bond donors (Lipinski definition) is 4. The zero-order valence-electron chi connectivity index (χ0n) is 14.5. The fraction of sp³-hybridized carbons (Fsp3) is 0. The number of nitrogens with two attached hydrogens (primary N) is 2. The molecule has 0 spiro atoms. The Morgan fingerprint density at radius 3 is 2.43 bits per heavy atom. The highest BCUT2D eigenvalue weighted by Gasteiger charge is 2.22. The van der Waals surface area contributed by atoms with Crippen LogP contribution in [0.15, 0.2) is 59.0 Å². The molecule has 1 aliphatic heterocycles. The monoisotopic (exact) mass is 373 g/mol. The van der Waals surface area contributed by atoms with Gasteiger partial charge < -0.3 is 26.4 Å².